The van der Waals surface area contributed by atoms with Gasteiger partial charge in [0, 0.05) is 28.5 Å². The molecule has 1 atom stereocenters. The molecule has 0 radical (unpaired) electrons. The Bertz CT molecular complexity index is 1490. The molecule has 0 aliphatic carbocycles. The molecule has 9 heteroatoms. The van der Waals surface area contributed by atoms with E-state index in [2.05, 4.69) is 5.32 Å². The lowest BCUT2D eigenvalue weighted by Crippen LogP contribution is -2.30. The van der Waals surface area contributed by atoms with E-state index in [9.17, 15) is 14.4 Å². The van der Waals surface area contributed by atoms with Gasteiger partial charge in [-0.15, -0.1) is 11.3 Å². The largest absolute Gasteiger partial charge is 0.494 e. The van der Waals surface area contributed by atoms with E-state index < -0.39 is 23.6 Å². The third kappa shape index (κ3) is 5.83. The fraction of sp³-hybridized carbons (Fsp3) is 0.250. The zero-order valence-electron chi connectivity index (χ0n) is 21.0. The summed E-state index contributed by atoms with van der Waals surface area (Å²) in [6.07, 6.45) is -0.903. The highest BCUT2D eigenvalue weighted by Crippen LogP contribution is 2.37. The summed E-state index contributed by atoms with van der Waals surface area (Å²) in [7, 11) is 0. The van der Waals surface area contributed by atoms with Crippen LogP contribution in [0.15, 0.2) is 63.1 Å². The molecule has 192 valence electrons. The van der Waals surface area contributed by atoms with Crippen molar-refractivity contribution in [2.45, 2.75) is 33.8 Å². The van der Waals surface area contributed by atoms with E-state index in [0.717, 1.165) is 22.3 Å². The van der Waals surface area contributed by atoms with Gasteiger partial charge in [-0.25, -0.2) is 9.59 Å². The Kier molecular flexibility index (Phi) is 7.93. The average molecular weight is 522 g/mol. The highest BCUT2D eigenvalue weighted by molar-refractivity contribution is 7.15. The smallest absolute Gasteiger partial charge is 0.341 e. The molecule has 0 bridgehead atoms. The minimum atomic E-state index is -0.903. The fourth-order valence-electron chi connectivity index (χ4n) is 3.82. The average Bonchev–Trinajstić information content (AvgIpc) is 3.28. The third-order valence-corrected chi connectivity index (χ3v) is 6.48. The summed E-state index contributed by atoms with van der Waals surface area (Å²) in [5.41, 5.74) is 2.42. The molecule has 0 aliphatic rings. The predicted octanol–water partition coefficient (Wildman–Crippen LogP) is 5.81. The molecule has 2 heterocycles. The van der Waals surface area contributed by atoms with Crippen molar-refractivity contribution in [1.29, 1.82) is 0 Å². The lowest BCUT2D eigenvalue weighted by molar-refractivity contribution is -0.122. The Hall–Kier alpha value is -4.11. The first-order valence-electron chi connectivity index (χ1n) is 11.8. The van der Waals surface area contributed by atoms with Crippen LogP contribution in [0.2, 0.25) is 0 Å². The van der Waals surface area contributed by atoms with E-state index in [1.807, 2.05) is 38.1 Å². The number of rotatable bonds is 9. The van der Waals surface area contributed by atoms with Gasteiger partial charge in [-0.3, -0.25) is 4.79 Å². The molecule has 0 saturated heterocycles. The standard InChI is InChI=1S/C28H27NO7S/c1-5-33-19-9-7-18(8-10-19)22-15-37-27(25(22)28(32)34-6-2)29-26(31)17(4)35-20-11-12-21-16(3)13-24(30)36-23(21)14-20/h7-15,17H,5-6H2,1-4H3,(H,29,31). The number of aryl methyl sites for hydroxylation is 1. The van der Waals surface area contributed by atoms with Crippen LogP contribution in [0.1, 0.15) is 36.7 Å². The molecule has 0 fully saturated rings. The van der Waals surface area contributed by atoms with Crippen molar-refractivity contribution in [2.75, 3.05) is 18.5 Å². The summed E-state index contributed by atoms with van der Waals surface area (Å²) in [5.74, 6) is 0.116. The number of anilines is 1. The van der Waals surface area contributed by atoms with Crippen molar-refractivity contribution in [3.63, 3.8) is 0 Å². The molecule has 0 saturated carbocycles. The van der Waals surface area contributed by atoms with Crippen LogP contribution in [0.3, 0.4) is 0 Å². The number of hydrogen-bond acceptors (Lipinski definition) is 8. The number of thiophene rings is 1. The van der Waals surface area contributed by atoms with Gasteiger partial charge in [0.15, 0.2) is 6.10 Å². The van der Waals surface area contributed by atoms with Crippen LogP contribution in [0, 0.1) is 6.92 Å². The number of benzene rings is 2. The highest BCUT2D eigenvalue weighted by Gasteiger charge is 2.25. The molecule has 1 N–H and O–H groups in total. The van der Waals surface area contributed by atoms with Crippen LogP contribution in [0.25, 0.3) is 22.1 Å². The summed E-state index contributed by atoms with van der Waals surface area (Å²) in [6, 6.07) is 13.8. The SMILES string of the molecule is CCOC(=O)c1c(-c2ccc(OCC)cc2)csc1NC(=O)C(C)Oc1ccc2c(C)cc(=O)oc2c1. The zero-order chi connectivity index (χ0) is 26.5. The van der Waals surface area contributed by atoms with Crippen molar-refractivity contribution in [3.05, 3.63) is 75.5 Å². The van der Waals surface area contributed by atoms with Crippen molar-refractivity contribution < 1.29 is 28.2 Å². The van der Waals surface area contributed by atoms with Gasteiger partial charge in [0.1, 0.15) is 27.6 Å². The van der Waals surface area contributed by atoms with E-state index in [-0.39, 0.29) is 12.2 Å². The van der Waals surface area contributed by atoms with Crippen LogP contribution < -0.4 is 20.4 Å². The Morgan fingerprint density at radius 1 is 1.03 bits per heavy atom. The van der Waals surface area contributed by atoms with Gasteiger partial charge >= 0.3 is 11.6 Å². The first-order valence-corrected chi connectivity index (χ1v) is 12.7. The van der Waals surface area contributed by atoms with Crippen molar-refractivity contribution in [1.82, 2.24) is 0 Å². The molecule has 4 aromatic rings. The Morgan fingerprint density at radius 3 is 2.46 bits per heavy atom. The monoisotopic (exact) mass is 521 g/mol. The normalized spacial score (nSPS) is 11.7. The molecule has 1 amide bonds. The van der Waals surface area contributed by atoms with Crippen molar-refractivity contribution >= 4 is 39.2 Å². The second-order valence-corrected chi connectivity index (χ2v) is 9.07. The second-order valence-electron chi connectivity index (χ2n) is 8.19. The van der Waals surface area contributed by atoms with Crippen LogP contribution in [-0.4, -0.2) is 31.2 Å². The maximum Gasteiger partial charge on any atom is 0.341 e. The number of hydrogen-bond donors (Lipinski definition) is 1. The Morgan fingerprint density at radius 2 is 1.76 bits per heavy atom. The number of ether oxygens (including phenoxy) is 3. The molecule has 8 nitrogen and oxygen atoms in total. The molecule has 0 spiro atoms. The summed E-state index contributed by atoms with van der Waals surface area (Å²) in [5, 5.41) is 5.75. The van der Waals surface area contributed by atoms with Gasteiger partial charge in [-0.2, -0.15) is 0 Å². The predicted molar refractivity (Wildman–Crippen MR) is 143 cm³/mol. The Labute approximate surface area is 217 Å². The highest BCUT2D eigenvalue weighted by atomic mass is 32.1. The molecular formula is C28H27NO7S. The van der Waals surface area contributed by atoms with Gasteiger partial charge in [-0.05, 0) is 63.1 Å². The second kappa shape index (κ2) is 11.3. The van der Waals surface area contributed by atoms with Crippen molar-refractivity contribution in [2.24, 2.45) is 0 Å². The first kappa shape index (κ1) is 26.0. The maximum atomic E-state index is 13.0. The van der Waals surface area contributed by atoms with Gasteiger partial charge in [0.2, 0.25) is 0 Å². The third-order valence-electron chi connectivity index (χ3n) is 5.59. The number of amides is 1. The molecule has 0 aliphatic heterocycles. The van der Waals surface area contributed by atoms with Crippen LogP contribution in [-0.2, 0) is 9.53 Å². The minimum absolute atomic E-state index is 0.196. The van der Waals surface area contributed by atoms with Gasteiger partial charge in [-0.1, -0.05) is 12.1 Å². The summed E-state index contributed by atoms with van der Waals surface area (Å²) in [4.78, 5) is 37.6. The molecule has 2 aromatic heterocycles. The van der Waals surface area contributed by atoms with Crippen LogP contribution in [0.5, 0.6) is 11.5 Å². The first-order chi connectivity index (χ1) is 17.8. The summed E-state index contributed by atoms with van der Waals surface area (Å²) < 4.78 is 21.8. The topological polar surface area (TPSA) is 104 Å². The molecule has 37 heavy (non-hydrogen) atoms. The van der Waals surface area contributed by atoms with E-state index in [1.165, 1.54) is 17.4 Å². The van der Waals surface area contributed by atoms with Gasteiger partial charge < -0.3 is 23.9 Å². The van der Waals surface area contributed by atoms with E-state index in [1.54, 1.807) is 37.4 Å². The number of nitrogens with one attached hydrogen (secondary N) is 1. The summed E-state index contributed by atoms with van der Waals surface area (Å²) >= 11 is 1.23. The number of fused-ring (bicyclic) bond motifs is 1. The Balaban J connectivity index is 1.56. The van der Waals surface area contributed by atoms with Crippen LogP contribution in [0.4, 0.5) is 5.00 Å². The molecule has 1 unspecified atom stereocenters. The lowest BCUT2D eigenvalue weighted by Gasteiger charge is -2.15. The van der Waals surface area contributed by atoms with Crippen molar-refractivity contribution in [3.8, 4) is 22.6 Å². The van der Waals surface area contributed by atoms with Gasteiger partial charge in [0.25, 0.3) is 5.91 Å². The quantitative estimate of drug-likeness (QED) is 0.219. The lowest BCUT2D eigenvalue weighted by atomic mass is 10.0. The maximum absolute atomic E-state index is 13.0. The fourth-order valence-corrected chi connectivity index (χ4v) is 4.78. The molecule has 4 rings (SSSR count). The number of carbonyl (C=O) groups excluding carboxylic acids is 2. The number of esters is 1. The molecule has 2 aromatic carbocycles. The number of carbonyl (C=O) groups is 2. The zero-order valence-corrected chi connectivity index (χ0v) is 21.8. The van der Waals surface area contributed by atoms with E-state index >= 15 is 0 Å². The summed E-state index contributed by atoms with van der Waals surface area (Å²) in [6.45, 7) is 7.79. The van der Waals surface area contributed by atoms with E-state index in [4.69, 9.17) is 18.6 Å². The van der Waals surface area contributed by atoms with Crippen LogP contribution >= 0.6 is 11.3 Å². The van der Waals surface area contributed by atoms with E-state index in [0.29, 0.717) is 28.5 Å². The minimum Gasteiger partial charge on any atom is -0.494 e. The molecular weight excluding hydrogens is 494 g/mol. The van der Waals surface area contributed by atoms with Gasteiger partial charge in [0.05, 0.1) is 13.2 Å².